The Morgan fingerprint density at radius 3 is 2.31 bits per heavy atom. The summed E-state index contributed by atoms with van der Waals surface area (Å²) in [5.74, 6) is -0.466. The summed E-state index contributed by atoms with van der Waals surface area (Å²) in [5.41, 5.74) is 2.70. The molecule has 154 valence electrons. The van der Waals surface area contributed by atoms with Gasteiger partial charge in [0.1, 0.15) is 0 Å². The molecule has 2 heterocycles. The molecule has 29 heavy (non-hydrogen) atoms. The van der Waals surface area contributed by atoms with Crippen molar-refractivity contribution in [3.8, 4) is 0 Å². The second-order valence-electron chi connectivity index (χ2n) is 6.95. The number of hydrogen-bond donors (Lipinski definition) is 1. The Morgan fingerprint density at radius 2 is 1.72 bits per heavy atom. The maximum absolute atomic E-state index is 12.6. The molecular weight excluding hydrogens is 368 g/mol. The monoisotopic (exact) mass is 396 g/mol. The van der Waals surface area contributed by atoms with Crippen molar-refractivity contribution in [1.29, 1.82) is 0 Å². The van der Waals surface area contributed by atoms with E-state index in [-0.39, 0.29) is 0 Å². The number of aryl methyl sites for hydroxylation is 1. The van der Waals surface area contributed by atoms with E-state index in [1.807, 2.05) is 30.0 Å². The number of amides is 2. The van der Waals surface area contributed by atoms with Crippen LogP contribution in [0.5, 0.6) is 0 Å². The molecule has 0 aliphatic carbocycles. The number of carbonyl (C=O) groups is 2. The highest BCUT2D eigenvalue weighted by molar-refractivity contribution is 6.39. The second-order valence-corrected chi connectivity index (χ2v) is 6.95. The van der Waals surface area contributed by atoms with Crippen molar-refractivity contribution < 1.29 is 9.59 Å². The minimum Gasteiger partial charge on any atom is -0.372 e. The minimum absolute atomic E-state index is 0.463. The average molecular weight is 396 g/mol. The summed E-state index contributed by atoms with van der Waals surface area (Å²) in [4.78, 5) is 39.4. The van der Waals surface area contributed by atoms with Crippen LogP contribution in [-0.4, -0.2) is 66.0 Å². The SMILES string of the molecule is CCN(CC)c1ccc(NC(=O)C(=O)N2CCN(c3ncccn3)CC2)c(C)c1. The molecule has 1 aromatic carbocycles. The van der Waals surface area contributed by atoms with Crippen LogP contribution < -0.4 is 15.1 Å². The van der Waals surface area contributed by atoms with Crippen molar-refractivity contribution in [1.82, 2.24) is 14.9 Å². The standard InChI is InChI=1S/C21H28N6O2/c1-4-25(5-2)17-7-8-18(16(3)15-17)24-19(28)20(29)26-11-13-27(14-12-26)21-22-9-6-10-23-21/h6-10,15H,4-5,11-14H2,1-3H3,(H,24,28). The van der Waals surface area contributed by atoms with E-state index in [2.05, 4.69) is 34.0 Å². The van der Waals surface area contributed by atoms with Gasteiger partial charge in [0.05, 0.1) is 0 Å². The van der Waals surface area contributed by atoms with Crippen LogP contribution in [0.2, 0.25) is 0 Å². The van der Waals surface area contributed by atoms with Crippen LogP contribution in [0.15, 0.2) is 36.7 Å². The van der Waals surface area contributed by atoms with E-state index in [0.717, 1.165) is 24.3 Å². The molecule has 0 unspecified atom stereocenters. The number of hydrogen-bond acceptors (Lipinski definition) is 6. The Hall–Kier alpha value is -3.16. The molecule has 1 fully saturated rings. The first-order valence-electron chi connectivity index (χ1n) is 10.0. The van der Waals surface area contributed by atoms with Crippen molar-refractivity contribution in [3.63, 3.8) is 0 Å². The fourth-order valence-corrected chi connectivity index (χ4v) is 3.46. The first-order chi connectivity index (χ1) is 14.0. The molecule has 1 saturated heterocycles. The van der Waals surface area contributed by atoms with Crippen molar-refractivity contribution in [2.75, 3.05) is 54.4 Å². The first-order valence-corrected chi connectivity index (χ1v) is 10.0. The largest absolute Gasteiger partial charge is 0.372 e. The fraction of sp³-hybridized carbons (Fsp3) is 0.429. The molecule has 1 N–H and O–H groups in total. The molecular formula is C21H28N6O2. The van der Waals surface area contributed by atoms with E-state index < -0.39 is 11.8 Å². The Balaban J connectivity index is 1.58. The van der Waals surface area contributed by atoms with Crippen LogP contribution in [0.25, 0.3) is 0 Å². The highest BCUT2D eigenvalue weighted by atomic mass is 16.2. The van der Waals surface area contributed by atoms with Gasteiger partial charge in [0, 0.05) is 63.0 Å². The average Bonchev–Trinajstić information content (AvgIpc) is 2.76. The molecule has 0 spiro atoms. The molecule has 2 amide bonds. The predicted octanol–water partition coefficient (Wildman–Crippen LogP) is 1.92. The van der Waals surface area contributed by atoms with Crippen molar-refractivity contribution >= 4 is 29.1 Å². The van der Waals surface area contributed by atoms with Crippen molar-refractivity contribution in [2.24, 2.45) is 0 Å². The zero-order valence-electron chi connectivity index (χ0n) is 17.3. The summed E-state index contributed by atoms with van der Waals surface area (Å²) in [6, 6.07) is 7.63. The zero-order chi connectivity index (χ0) is 20.8. The first kappa shape index (κ1) is 20.6. The van der Waals surface area contributed by atoms with E-state index >= 15 is 0 Å². The van der Waals surface area contributed by atoms with E-state index in [1.165, 1.54) is 0 Å². The molecule has 0 atom stereocenters. The topological polar surface area (TPSA) is 81.7 Å². The number of nitrogens with one attached hydrogen (secondary N) is 1. The lowest BCUT2D eigenvalue weighted by atomic mass is 10.1. The third-order valence-electron chi connectivity index (χ3n) is 5.18. The van der Waals surface area contributed by atoms with E-state index in [1.54, 1.807) is 23.4 Å². The number of benzene rings is 1. The van der Waals surface area contributed by atoms with E-state index in [9.17, 15) is 9.59 Å². The summed E-state index contributed by atoms with van der Waals surface area (Å²) in [6.45, 7) is 10.1. The van der Waals surface area contributed by atoms with Crippen molar-refractivity contribution in [3.05, 3.63) is 42.2 Å². The maximum atomic E-state index is 12.6. The second kappa shape index (κ2) is 9.36. The highest BCUT2D eigenvalue weighted by Gasteiger charge is 2.27. The molecule has 8 nitrogen and oxygen atoms in total. The van der Waals surface area contributed by atoms with Gasteiger partial charge in [-0.25, -0.2) is 9.97 Å². The quantitative estimate of drug-likeness (QED) is 0.778. The third kappa shape index (κ3) is 4.82. The fourth-order valence-electron chi connectivity index (χ4n) is 3.46. The van der Waals surface area contributed by atoms with Gasteiger partial charge in [0.2, 0.25) is 5.95 Å². The third-order valence-corrected chi connectivity index (χ3v) is 5.18. The lowest BCUT2D eigenvalue weighted by Crippen LogP contribution is -2.52. The van der Waals surface area contributed by atoms with Gasteiger partial charge in [-0.1, -0.05) is 0 Å². The van der Waals surface area contributed by atoms with Crippen LogP contribution in [0, 0.1) is 6.92 Å². The Morgan fingerprint density at radius 1 is 1.07 bits per heavy atom. The van der Waals surface area contributed by atoms with Gasteiger partial charge in [0.15, 0.2) is 0 Å². The smallest absolute Gasteiger partial charge is 0.313 e. The summed E-state index contributed by atoms with van der Waals surface area (Å²) in [7, 11) is 0. The number of piperazine rings is 1. The maximum Gasteiger partial charge on any atom is 0.313 e. The van der Waals surface area contributed by atoms with Crippen LogP contribution >= 0.6 is 0 Å². The van der Waals surface area contributed by atoms with Gasteiger partial charge in [-0.2, -0.15) is 0 Å². The van der Waals surface area contributed by atoms with Crippen LogP contribution in [0.4, 0.5) is 17.3 Å². The molecule has 8 heteroatoms. The predicted molar refractivity (Wildman–Crippen MR) is 114 cm³/mol. The Labute approximate surface area is 171 Å². The Bertz CT molecular complexity index is 846. The summed E-state index contributed by atoms with van der Waals surface area (Å²) in [6.07, 6.45) is 3.39. The molecule has 1 aromatic heterocycles. The van der Waals surface area contributed by atoms with Crippen molar-refractivity contribution in [2.45, 2.75) is 20.8 Å². The lowest BCUT2D eigenvalue weighted by Gasteiger charge is -2.34. The number of carbonyl (C=O) groups excluding carboxylic acids is 2. The van der Waals surface area contributed by atoms with Gasteiger partial charge in [-0.3, -0.25) is 9.59 Å². The lowest BCUT2D eigenvalue weighted by molar-refractivity contribution is -0.143. The molecule has 0 saturated carbocycles. The minimum atomic E-state index is -0.604. The number of anilines is 3. The summed E-state index contributed by atoms with van der Waals surface area (Å²) < 4.78 is 0. The van der Waals surface area contributed by atoms with Crippen LogP contribution in [0.3, 0.4) is 0 Å². The molecule has 1 aliphatic rings. The van der Waals surface area contributed by atoms with Gasteiger partial charge in [-0.15, -0.1) is 0 Å². The molecule has 0 radical (unpaired) electrons. The normalized spacial score (nSPS) is 13.9. The highest BCUT2D eigenvalue weighted by Crippen LogP contribution is 2.23. The molecule has 1 aliphatic heterocycles. The van der Waals surface area contributed by atoms with E-state index in [4.69, 9.17) is 0 Å². The van der Waals surface area contributed by atoms with Gasteiger partial charge >= 0.3 is 11.8 Å². The zero-order valence-corrected chi connectivity index (χ0v) is 17.3. The van der Waals surface area contributed by atoms with Crippen LogP contribution in [-0.2, 0) is 9.59 Å². The Kier molecular flexibility index (Phi) is 6.64. The van der Waals surface area contributed by atoms with E-state index in [0.29, 0.717) is 37.8 Å². The number of rotatable bonds is 5. The summed E-state index contributed by atoms with van der Waals surface area (Å²) in [5, 5.41) is 2.77. The van der Waals surface area contributed by atoms with Gasteiger partial charge in [-0.05, 0) is 50.6 Å². The van der Waals surface area contributed by atoms with Gasteiger partial charge in [0.25, 0.3) is 0 Å². The molecule has 2 aromatic rings. The number of nitrogens with zero attached hydrogens (tertiary/aromatic N) is 5. The van der Waals surface area contributed by atoms with Crippen LogP contribution in [0.1, 0.15) is 19.4 Å². The molecule has 3 rings (SSSR count). The molecule has 0 bridgehead atoms. The van der Waals surface area contributed by atoms with Gasteiger partial charge < -0.3 is 20.0 Å². The number of aromatic nitrogens is 2. The summed E-state index contributed by atoms with van der Waals surface area (Å²) >= 11 is 0.